The van der Waals surface area contributed by atoms with Crippen LogP contribution in [0, 0.1) is 0 Å². The maximum atomic E-state index is 11.5. The van der Waals surface area contributed by atoms with Crippen LogP contribution in [0.4, 0.5) is 0 Å². The smallest absolute Gasteiger partial charge is 0.234 e. The third-order valence-electron chi connectivity index (χ3n) is 4.04. The molecule has 1 amide bonds. The number of unbranched alkanes of at least 4 members (excludes halogenated alkanes) is 5. The second-order valence-electron chi connectivity index (χ2n) is 7.17. The molecule has 0 aliphatic heterocycles. The summed E-state index contributed by atoms with van der Waals surface area (Å²) >= 11 is 0. The number of carbonyl (C=O) groups is 1. The predicted octanol–water partition coefficient (Wildman–Crippen LogP) is 5.81. The molecule has 0 unspecified atom stereocenters. The van der Waals surface area contributed by atoms with E-state index in [1.165, 1.54) is 25.7 Å². The third-order valence-corrected chi connectivity index (χ3v) is 4.04. The molecule has 0 bridgehead atoms. The summed E-state index contributed by atoms with van der Waals surface area (Å²) in [6, 6.07) is 0. The first-order valence-corrected chi connectivity index (χ1v) is 10.7. The lowest BCUT2D eigenvalue weighted by Gasteiger charge is -2.09. The van der Waals surface area contributed by atoms with Gasteiger partial charge in [0.05, 0.1) is 6.54 Å². The maximum absolute atomic E-state index is 11.5. The zero-order valence-corrected chi connectivity index (χ0v) is 18.0. The molecule has 0 radical (unpaired) electrons. The molecule has 1 N–H and O–H groups in total. The summed E-state index contributed by atoms with van der Waals surface area (Å²) in [5, 5.41) is 2.94. The van der Waals surface area contributed by atoms with Crippen LogP contribution >= 0.6 is 0 Å². The van der Waals surface area contributed by atoms with Crippen molar-refractivity contribution in [3.05, 3.63) is 48.6 Å². The summed E-state index contributed by atoms with van der Waals surface area (Å²) < 4.78 is 0. The average Bonchev–Trinajstić information content (AvgIpc) is 2.63. The third kappa shape index (κ3) is 22.3. The van der Waals surface area contributed by atoms with E-state index in [0.29, 0.717) is 6.54 Å². The van der Waals surface area contributed by atoms with Crippen LogP contribution in [-0.4, -0.2) is 38.0 Å². The summed E-state index contributed by atoms with van der Waals surface area (Å²) in [6.45, 7) is 3.49. The van der Waals surface area contributed by atoms with E-state index in [0.717, 1.165) is 45.1 Å². The van der Waals surface area contributed by atoms with Crippen molar-refractivity contribution in [1.29, 1.82) is 0 Å². The number of allylic oxidation sites excluding steroid dienone is 8. The lowest BCUT2D eigenvalue weighted by molar-refractivity contribution is -0.121. The van der Waals surface area contributed by atoms with Gasteiger partial charge in [0.15, 0.2) is 0 Å². The van der Waals surface area contributed by atoms with Gasteiger partial charge in [0.2, 0.25) is 5.91 Å². The van der Waals surface area contributed by atoms with Crippen LogP contribution in [-0.2, 0) is 4.79 Å². The number of hydrogen-bond acceptors (Lipinski definition) is 2. The Bertz CT molecular complexity index is 447. The number of hydrogen-bond donors (Lipinski definition) is 1. The Labute approximate surface area is 168 Å². The monoisotopic (exact) mass is 374 g/mol. The van der Waals surface area contributed by atoms with Crippen molar-refractivity contribution >= 4 is 5.91 Å². The molecule has 0 heterocycles. The highest BCUT2D eigenvalue weighted by Gasteiger charge is 2.00. The van der Waals surface area contributed by atoms with Crippen LogP contribution in [0.2, 0.25) is 0 Å². The molecule has 0 aliphatic rings. The molecule has 0 spiro atoms. The zero-order chi connectivity index (χ0) is 20.0. The minimum atomic E-state index is 0.109. The number of carbonyl (C=O) groups excluding carboxylic acids is 1. The number of amides is 1. The summed E-state index contributed by atoms with van der Waals surface area (Å²) in [4.78, 5) is 13.3. The van der Waals surface area contributed by atoms with E-state index >= 15 is 0 Å². The highest BCUT2D eigenvalue weighted by Crippen LogP contribution is 2.01. The van der Waals surface area contributed by atoms with E-state index in [9.17, 15) is 4.79 Å². The van der Waals surface area contributed by atoms with Crippen molar-refractivity contribution in [3.8, 4) is 0 Å². The van der Waals surface area contributed by atoms with Crippen molar-refractivity contribution in [2.24, 2.45) is 0 Å². The molecule has 3 heteroatoms. The van der Waals surface area contributed by atoms with Crippen LogP contribution in [0.15, 0.2) is 48.6 Å². The molecule has 0 fully saturated rings. The number of rotatable bonds is 17. The van der Waals surface area contributed by atoms with Crippen LogP contribution in [0.1, 0.15) is 71.1 Å². The van der Waals surface area contributed by atoms with Gasteiger partial charge < -0.3 is 10.2 Å². The fourth-order valence-electron chi connectivity index (χ4n) is 2.52. The van der Waals surface area contributed by atoms with Crippen molar-refractivity contribution < 1.29 is 4.79 Å². The topological polar surface area (TPSA) is 32.3 Å². The zero-order valence-electron chi connectivity index (χ0n) is 18.0. The van der Waals surface area contributed by atoms with Gasteiger partial charge in [-0.1, -0.05) is 68.4 Å². The Hall–Kier alpha value is -1.61. The second-order valence-corrected chi connectivity index (χ2v) is 7.17. The highest BCUT2D eigenvalue weighted by atomic mass is 16.1. The Morgan fingerprint density at radius 1 is 0.741 bits per heavy atom. The molecular formula is C24H42N2O. The van der Waals surface area contributed by atoms with Crippen LogP contribution in [0.5, 0.6) is 0 Å². The van der Waals surface area contributed by atoms with E-state index in [1.54, 1.807) is 0 Å². The Morgan fingerprint density at radius 2 is 1.22 bits per heavy atom. The first kappa shape index (κ1) is 25.4. The van der Waals surface area contributed by atoms with Gasteiger partial charge >= 0.3 is 0 Å². The second kappa shape index (κ2) is 20.7. The molecule has 0 aromatic rings. The fraction of sp³-hybridized carbons (Fsp3) is 0.625. The normalized spacial score (nSPS) is 12.4. The number of nitrogens with one attached hydrogen (secondary N) is 1. The summed E-state index contributed by atoms with van der Waals surface area (Å²) in [7, 11) is 3.81. The molecule has 0 aliphatic carbocycles. The predicted molar refractivity (Wildman–Crippen MR) is 120 cm³/mol. The molecule has 3 nitrogen and oxygen atoms in total. The standard InChI is InChI=1S/C24H42N2O/c1-4-5-6-7-8-9-10-11-12-13-14-15-16-17-18-19-20-21-22-25-24(27)23-26(2)3/h8-9,11-12,14-15,17-18H,4-7,10,13,16,19-23H2,1-3H3,(H,25,27)/b9-8-,12-11-,15-14-,18-17-. The van der Waals surface area contributed by atoms with Gasteiger partial charge in [-0.2, -0.15) is 0 Å². The summed E-state index contributed by atoms with van der Waals surface area (Å²) in [6.07, 6.45) is 29.5. The molecule has 0 rings (SSSR count). The molecule has 0 atom stereocenters. The van der Waals surface area contributed by atoms with Crippen molar-refractivity contribution in [3.63, 3.8) is 0 Å². The van der Waals surface area contributed by atoms with E-state index in [-0.39, 0.29) is 5.91 Å². The van der Waals surface area contributed by atoms with Crippen LogP contribution < -0.4 is 5.32 Å². The quantitative estimate of drug-likeness (QED) is 0.257. The van der Waals surface area contributed by atoms with Gasteiger partial charge in [-0.25, -0.2) is 0 Å². The molecule has 0 saturated heterocycles. The van der Waals surface area contributed by atoms with Crippen molar-refractivity contribution in [2.45, 2.75) is 71.1 Å². The van der Waals surface area contributed by atoms with Gasteiger partial charge in [-0.3, -0.25) is 4.79 Å². The summed E-state index contributed by atoms with van der Waals surface area (Å²) in [5.41, 5.74) is 0. The van der Waals surface area contributed by atoms with Gasteiger partial charge in [-0.05, 0) is 65.5 Å². The first-order chi connectivity index (χ1) is 13.2. The molecule has 0 aromatic carbocycles. The van der Waals surface area contributed by atoms with Gasteiger partial charge in [-0.15, -0.1) is 0 Å². The van der Waals surface area contributed by atoms with Gasteiger partial charge in [0, 0.05) is 6.54 Å². The number of nitrogens with zero attached hydrogens (tertiary/aromatic N) is 1. The van der Waals surface area contributed by atoms with E-state index in [4.69, 9.17) is 0 Å². The van der Waals surface area contributed by atoms with Crippen molar-refractivity contribution in [2.75, 3.05) is 27.2 Å². The average molecular weight is 375 g/mol. The molecule has 27 heavy (non-hydrogen) atoms. The van der Waals surface area contributed by atoms with E-state index in [2.05, 4.69) is 60.8 Å². The van der Waals surface area contributed by atoms with Crippen molar-refractivity contribution in [1.82, 2.24) is 10.2 Å². The van der Waals surface area contributed by atoms with Gasteiger partial charge in [0.1, 0.15) is 0 Å². The fourth-order valence-corrected chi connectivity index (χ4v) is 2.52. The summed E-state index contributed by atoms with van der Waals surface area (Å²) in [5.74, 6) is 0.109. The lowest BCUT2D eigenvalue weighted by Crippen LogP contribution is -2.33. The minimum Gasteiger partial charge on any atom is -0.355 e. The van der Waals surface area contributed by atoms with E-state index in [1.807, 2.05) is 19.0 Å². The molecule has 0 saturated carbocycles. The molecular weight excluding hydrogens is 332 g/mol. The van der Waals surface area contributed by atoms with Crippen LogP contribution in [0.3, 0.4) is 0 Å². The minimum absolute atomic E-state index is 0.109. The SMILES string of the molecule is CCCCC/C=C\C/C=C\C/C=C\C/C=C\CCCCNC(=O)CN(C)C. The molecule has 154 valence electrons. The van der Waals surface area contributed by atoms with Crippen LogP contribution in [0.25, 0.3) is 0 Å². The Kier molecular flexibility index (Phi) is 19.5. The number of likely N-dealkylation sites (N-methyl/N-ethyl adjacent to an activating group) is 1. The Balaban J connectivity index is 3.42. The molecule has 0 aromatic heterocycles. The Morgan fingerprint density at radius 3 is 1.70 bits per heavy atom. The first-order valence-electron chi connectivity index (χ1n) is 10.7. The lowest BCUT2D eigenvalue weighted by atomic mass is 10.2. The highest BCUT2D eigenvalue weighted by molar-refractivity contribution is 5.77. The van der Waals surface area contributed by atoms with E-state index < -0.39 is 0 Å². The van der Waals surface area contributed by atoms with Gasteiger partial charge in [0.25, 0.3) is 0 Å². The maximum Gasteiger partial charge on any atom is 0.234 e. The largest absolute Gasteiger partial charge is 0.355 e.